The van der Waals surface area contributed by atoms with E-state index in [9.17, 15) is 4.79 Å². The molecule has 0 amide bonds. The van der Waals surface area contributed by atoms with Crippen LogP contribution in [0.15, 0.2) is 18.2 Å². The van der Waals surface area contributed by atoms with E-state index in [0.29, 0.717) is 30.3 Å². The molecule has 0 aromatic heterocycles. The van der Waals surface area contributed by atoms with Gasteiger partial charge in [-0.15, -0.1) is 0 Å². The first kappa shape index (κ1) is 14.8. The Hall–Kier alpha value is -1.59. The quantitative estimate of drug-likeness (QED) is 0.513. The summed E-state index contributed by atoms with van der Waals surface area (Å²) in [5.41, 5.74) is 0.571. The Kier molecular flexibility index (Phi) is 5.83. The molecule has 0 unspecified atom stereocenters. The van der Waals surface area contributed by atoms with Gasteiger partial charge in [-0.3, -0.25) is 4.79 Å². The number of hydrogen-bond acceptors (Lipinski definition) is 5. The van der Waals surface area contributed by atoms with Crippen LogP contribution in [0.4, 0.5) is 0 Å². The van der Waals surface area contributed by atoms with E-state index >= 15 is 0 Å². The summed E-state index contributed by atoms with van der Waals surface area (Å²) in [7, 11) is 0. The van der Waals surface area contributed by atoms with Gasteiger partial charge in [0.15, 0.2) is 17.3 Å². The van der Waals surface area contributed by atoms with Crippen LogP contribution in [0, 0.1) is 0 Å². The van der Waals surface area contributed by atoms with Crippen LogP contribution in [0.2, 0.25) is 0 Å². The number of fused-ring (bicyclic) bond motifs is 1. The maximum Gasteiger partial charge on any atom is 0.231 e. The summed E-state index contributed by atoms with van der Waals surface area (Å²) >= 11 is 0. The fourth-order valence-corrected chi connectivity index (χ4v) is 1.78. The van der Waals surface area contributed by atoms with Crippen molar-refractivity contribution >= 4 is 5.78 Å². The second-order valence-electron chi connectivity index (χ2n) is 4.51. The minimum atomic E-state index is -0.0724. The summed E-state index contributed by atoms with van der Waals surface area (Å²) in [5.74, 6) is 1.21. The molecule has 110 valence electrons. The molecular weight excluding hydrogens is 260 g/mol. The molecule has 2 rings (SSSR count). The fraction of sp³-hybridized carbons (Fsp3) is 0.533. The van der Waals surface area contributed by atoms with E-state index in [1.165, 1.54) is 0 Å². The molecular formula is C15H20O5. The third kappa shape index (κ3) is 4.21. The zero-order chi connectivity index (χ0) is 14.2. The van der Waals surface area contributed by atoms with Gasteiger partial charge in [0, 0.05) is 12.2 Å². The summed E-state index contributed by atoms with van der Waals surface area (Å²) < 4.78 is 21.1. The lowest BCUT2D eigenvalue weighted by molar-refractivity contribution is 0.0432. The van der Waals surface area contributed by atoms with Gasteiger partial charge < -0.3 is 18.9 Å². The van der Waals surface area contributed by atoms with Gasteiger partial charge in [-0.2, -0.15) is 0 Å². The molecule has 0 saturated heterocycles. The van der Waals surface area contributed by atoms with E-state index < -0.39 is 0 Å². The first-order valence-electron chi connectivity index (χ1n) is 6.89. The lowest BCUT2D eigenvalue weighted by Gasteiger charge is -2.05. The Morgan fingerprint density at radius 3 is 2.80 bits per heavy atom. The molecule has 1 aliphatic rings. The van der Waals surface area contributed by atoms with Crippen molar-refractivity contribution in [3.05, 3.63) is 23.8 Å². The summed E-state index contributed by atoms with van der Waals surface area (Å²) in [4.78, 5) is 11.9. The molecule has 0 aliphatic carbocycles. The Morgan fingerprint density at radius 1 is 1.15 bits per heavy atom. The number of unbranched alkanes of at least 4 members (excludes halogenated alkanes) is 1. The molecule has 1 aromatic carbocycles. The van der Waals surface area contributed by atoms with Crippen LogP contribution >= 0.6 is 0 Å². The number of carbonyl (C=O) groups excluding carboxylic acids is 1. The minimum absolute atomic E-state index is 0.0524. The van der Waals surface area contributed by atoms with Crippen molar-refractivity contribution in [2.75, 3.05) is 33.2 Å². The van der Waals surface area contributed by atoms with E-state index in [1.807, 2.05) is 0 Å². The van der Waals surface area contributed by atoms with Crippen molar-refractivity contribution < 1.29 is 23.7 Å². The van der Waals surface area contributed by atoms with Crippen molar-refractivity contribution in [1.29, 1.82) is 0 Å². The molecule has 0 bridgehead atoms. The maximum atomic E-state index is 11.9. The highest BCUT2D eigenvalue weighted by molar-refractivity contribution is 5.97. The third-order valence-corrected chi connectivity index (χ3v) is 2.94. The van der Waals surface area contributed by atoms with Gasteiger partial charge in [-0.25, -0.2) is 0 Å². The van der Waals surface area contributed by atoms with Gasteiger partial charge in [0.25, 0.3) is 0 Å². The topological polar surface area (TPSA) is 54.0 Å². The average molecular weight is 280 g/mol. The van der Waals surface area contributed by atoms with E-state index in [-0.39, 0.29) is 19.2 Å². The Bertz CT molecular complexity index is 444. The SMILES string of the molecule is CCCCOCCOCC(=O)c1ccc2c(c1)OCO2. The predicted molar refractivity (Wildman–Crippen MR) is 73.4 cm³/mol. The number of ketones is 1. The average Bonchev–Trinajstić information content (AvgIpc) is 2.93. The Morgan fingerprint density at radius 2 is 1.95 bits per heavy atom. The van der Waals surface area contributed by atoms with Crippen LogP contribution in [0.3, 0.4) is 0 Å². The molecule has 1 aromatic rings. The minimum Gasteiger partial charge on any atom is -0.454 e. The Balaban J connectivity index is 1.67. The molecule has 0 radical (unpaired) electrons. The zero-order valence-electron chi connectivity index (χ0n) is 11.7. The van der Waals surface area contributed by atoms with E-state index in [0.717, 1.165) is 19.4 Å². The third-order valence-electron chi connectivity index (χ3n) is 2.94. The lowest BCUT2D eigenvalue weighted by atomic mass is 10.1. The number of benzene rings is 1. The highest BCUT2D eigenvalue weighted by Crippen LogP contribution is 2.32. The van der Waals surface area contributed by atoms with E-state index in [4.69, 9.17) is 18.9 Å². The van der Waals surface area contributed by atoms with Crippen LogP contribution in [0.25, 0.3) is 0 Å². The van der Waals surface area contributed by atoms with Crippen LogP contribution in [0.5, 0.6) is 11.5 Å². The summed E-state index contributed by atoms with van der Waals surface area (Å²) in [6.45, 7) is 4.07. The molecule has 0 atom stereocenters. The zero-order valence-corrected chi connectivity index (χ0v) is 11.7. The van der Waals surface area contributed by atoms with Gasteiger partial charge in [0.1, 0.15) is 6.61 Å². The highest BCUT2D eigenvalue weighted by atomic mass is 16.7. The monoisotopic (exact) mass is 280 g/mol. The molecule has 5 nitrogen and oxygen atoms in total. The van der Waals surface area contributed by atoms with Crippen LogP contribution in [-0.2, 0) is 9.47 Å². The van der Waals surface area contributed by atoms with Gasteiger partial charge in [0.2, 0.25) is 6.79 Å². The van der Waals surface area contributed by atoms with Crippen molar-refractivity contribution in [3.63, 3.8) is 0 Å². The second kappa shape index (κ2) is 7.87. The summed E-state index contributed by atoms with van der Waals surface area (Å²) in [6, 6.07) is 5.14. The van der Waals surface area contributed by atoms with Gasteiger partial charge in [-0.1, -0.05) is 13.3 Å². The molecule has 5 heteroatoms. The fourth-order valence-electron chi connectivity index (χ4n) is 1.78. The molecule has 0 saturated carbocycles. The second-order valence-corrected chi connectivity index (χ2v) is 4.51. The number of Topliss-reactive ketones (excluding diaryl/α,β-unsaturated/α-hetero) is 1. The van der Waals surface area contributed by atoms with Crippen molar-refractivity contribution in [3.8, 4) is 11.5 Å². The van der Waals surface area contributed by atoms with Crippen LogP contribution in [0.1, 0.15) is 30.1 Å². The highest BCUT2D eigenvalue weighted by Gasteiger charge is 2.16. The first-order chi connectivity index (χ1) is 9.81. The van der Waals surface area contributed by atoms with Gasteiger partial charge >= 0.3 is 0 Å². The molecule has 1 heterocycles. The van der Waals surface area contributed by atoms with Crippen LogP contribution in [-0.4, -0.2) is 39.0 Å². The largest absolute Gasteiger partial charge is 0.454 e. The van der Waals surface area contributed by atoms with E-state index in [1.54, 1.807) is 18.2 Å². The number of ether oxygens (including phenoxy) is 4. The van der Waals surface area contributed by atoms with Crippen LogP contribution < -0.4 is 9.47 Å². The normalized spacial score (nSPS) is 12.7. The Labute approximate surface area is 118 Å². The summed E-state index contributed by atoms with van der Waals surface area (Å²) in [6.07, 6.45) is 2.17. The van der Waals surface area contributed by atoms with Gasteiger partial charge in [0.05, 0.1) is 13.2 Å². The smallest absolute Gasteiger partial charge is 0.231 e. The molecule has 0 fully saturated rings. The number of carbonyl (C=O) groups is 1. The molecule has 1 aliphatic heterocycles. The first-order valence-corrected chi connectivity index (χ1v) is 6.89. The van der Waals surface area contributed by atoms with Crippen molar-refractivity contribution in [2.24, 2.45) is 0 Å². The maximum absolute atomic E-state index is 11.9. The lowest BCUT2D eigenvalue weighted by Crippen LogP contribution is -2.13. The van der Waals surface area contributed by atoms with Crippen molar-refractivity contribution in [1.82, 2.24) is 0 Å². The number of rotatable bonds is 9. The van der Waals surface area contributed by atoms with E-state index in [2.05, 4.69) is 6.92 Å². The summed E-state index contributed by atoms with van der Waals surface area (Å²) in [5, 5.41) is 0. The molecule has 0 spiro atoms. The van der Waals surface area contributed by atoms with Crippen molar-refractivity contribution in [2.45, 2.75) is 19.8 Å². The number of hydrogen-bond donors (Lipinski definition) is 0. The molecule has 0 N–H and O–H groups in total. The molecule has 20 heavy (non-hydrogen) atoms. The van der Waals surface area contributed by atoms with Gasteiger partial charge in [-0.05, 0) is 24.6 Å². The standard InChI is InChI=1S/C15H20O5/c1-2-3-6-17-7-8-18-10-13(16)12-4-5-14-15(9-12)20-11-19-14/h4-5,9H,2-3,6-8,10-11H2,1H3. The predicted octanol–water partition coefficient (Wildman–Crippen LogP) is 2.43.